The lowest BCUT2D eigenvalue weighted by Crippen LogP contribution is -2.09. The summed E-state index contributed by atoms with van der Waals surface area (Å²) in [7, 11) is 2.01. The van der Waals surface area contributed by atoms with Crippen LogP contribution in [-0.2, 0) is 6.42 Å². The molecule has 0 amide bonds. The molecule has 0 unspecified atom stereocenters. The normalized spacial score (nSPS) is 9.83. The second-order valence-electron chi connectivity index (χ2n) is 4.24. The fraction of sp³-hybridized carbons (Fsp3) is 0.188. The molecule has 2 rings (SSSR count). The first-order valence-electron chi connectivity index (χ1n) is 6.07. The zero-order chi connectivity index (χ0) is 13.0. The molecule has 0 aromatic heterocycles. The minimum atomic E-state index is 0.685. The topological polar surface area (TPSA) is 27.0 Å². The van der Waals surface area contributed by atoms with Crippen molar-refractivity contribution in [2.24, 2.45) is 0 Å². The molecule has 2 heteroatoms. The largest absolute Gasteiger partial charge is 0.345 e. The van der Waals surface area contributed by atoms with E-state index in [0.717, 1.165) is 17.8 Å². The zero-order valence-corrected chi connectivity index (χ0v) is 10.7. The molecule has 2 nitrogen and oxygen atoms in total. The van der Waals surface area contributed by atoms with Crippen molar-refractivity contribution in [2.75, 3.05) is 11.9 Å². The van der Waals surface area contributed by atoms with Gasteiger partial charge in [-0.05, 0) is 42.3 Å². The summed E-state index contributed by atoms with van der Waals surface area (Å²) in [6.07, 6.45) is 1.05. The number of hydrogen-bond acceptors (Lipinski definition) is 2. The first-order chi connectivity index (χ1) is 8.74. The third-order valence-corrected chi connectivity index (χ3v) is 3.09. The fourth-order valence-corrected chi connectivity index (χ4v) is 1.89. The van der Waals surface area contributed by atoms with Crippen molar-refractivity contribution in [1.29, 1.82) is 5.26 Å². The van der Waals surface area contributed by atoms with Gasteiger partial charge in [0.1, 0.15) is 0 Å². The molecule has 0 spiro atoms. The van der Waals surface area contributed by atoms with Gasteiger partial charge in [0.05, 0.1) is 11.6 Å². The van der Waals surface area contributed by atoms with Gasteiger partial charge in [-0.3, -0.25) is 0 Å². The smallest absolute Gasteiger partial charge is 0.0992 e. The van der Waals surface area contributed by atoms with E-state index in [1.54, 1.807) is 0 Å². The van der Waals surface area contributed by atoms with E-state index < -0.39 is 0 Å². The Hall–Kier alpha value is -2.27. The van der Waals surface area contributed by atoms with Crippen LogP contribution >= 0.6 is 0 Å². The average Bonchev–Trinajstić information content (AvgIpc) is 2.46. The van der Waals surface area contributed by atoms with Crippen LogP contribution in [0.15, 0.2) is 48.5 Å². The van der Waals surface area contributed by atoms with E-state index >= 15 is 0 Å². The standard InChI is InChI=1S/C16H16N2/c1-3-13-7-9-15(10-8-13)18(2)16-6-4-5-14(11-16)12-17/h4-11H,3H2,1-2H3. The molecule has 0 N–H and O–H groups in total. The van der Waals surface area contributed by atoms with E-state index in [1.165, 1.54) is 5.56 Å². The Labute approximate surface area is 108 Å². The molecule has 0 aliphatic carbocycles. The molecule has 2 aromatic carbocycles. The number of anilines is 2. The molecule has 0 aliphatic heterocycles. The highest BCUT2D eigenvalue weighted by molar-refractivity contribution is 5.64. The van der Waals surface area contributed by atoms with Crippen molar-refractivity contribution in [1.82, 2.24) is 0 Å². The number of rotatable bonds is 3. The molecule has 18 heavy (non-hydrogen) atoms. The second-order valence-corrected chi connectivity index (χ2v) is 4.24. The zero-order valence-electron chi connectivity index (χ0n) is 10.7. The van der Waals surface area contributed by atoms with Crippen LogP contribution in [0, 0.1) is 11.3 Å². The van der Waals surface area contributed by atoms with Gasteiger partial charge in [-0.2, -0.15) is 5.26 Å². The Morgan fingerprint density at radius 3 is 2.39 bits per heavy atom. The minimum Gasteiger partial charge on any atom is -0.345 e. The van der Waals surface area contributed by atoms with Crippen LogP contribution in [-0.4, -0.2) is 7.05 Å². The Bertz CT molecular complexity index is 564. The highest BCUT2D eigenvalue weighted by Crippen LogP contribution is 2.24. The Morgan fingerprint density at radius 1 is 1.06 bits per heavy atom. The molecule has 0 radical (unpaired) electrons. The number of hydrogen-bond donors (Lipinski definition) is 0. The molecule has 0 aliphatic rings. The molecular weight excluding hydrogens is 220 g/mol. The monoisotopic (exact) mass is 236 g/mol. The molecule has 90 valence electrons. The van der Waals surface area contributed by atoms with Crippen molar-refractivity contribution >= 4 is 11.4 Å². The third-order valence-electron chi connectivity index (χ3n) is 3.09. The van der Waals surface area contributed by atoms with E-state index in [0.29, 0.717) is 5.56 Å². The summed E-state index contributed by atoms with van der Waals surface area (Å²) in [6.45, 7) is 2.15. The van der Waals surface area contributed by atoms with Crippen LogP contribution in [0.1, 0.15) is 18.1 Å². The van der Waals surface area contributed by atoms with Gasteiger partial charge in [0.15, 0.2) is 0 Å². The minimum absolute atomic E-state index is 0.685. The first-order valence-corrected chi connectivity index (χ1v) is 6.07. The van der Waals surface area contributed by atoms with E-state index in [9.17, 15) is 0 Å². The van der Waals surface area contributed by atoms with Crippen LogP contribution in [0.2, 0.25) is 0 Å². The predicted molar refractivity (Wildman–Crippen MR) is 75.0 cm³/mol. The number of nitrogens with zero attached hydrogens (tertiary/aromatic N) is 2. The average molecular weight is 236 g/mol. The highest BCUT2D eigenvalue weighted by atomic mass is 15.1. The molecule has 0 saturated carbocycles. The molecular formula is C16H16N2. The van der Waals surface area contributed by atoms with Gasteiger partial charge in [0.25, 0.3) is 0 Å². The summed E-state index contributed by atoms with van der Waals surface area (Å²) in [6, 6.07) is 18.3. The fourth-order valence-electron chi connectivity index (χ4n) is 1.89. The molecule has 2 aromatic rings. The first kappa shape index (κ1) is 12.2. The molecule has 0 bridgehead atoms. The molecule has 0 fully saturated rings. The van der Waals surface area contributed by atoms with E-state index in [4.69, 9.17) is 5.26 Å². The third kappa shape index (κ3) is 2.52. The highest BCUT2D eigenvalue weighted by Gasteiger charge is 2.04. The molecule has 0 heterocycles. The second kappa shape index (κ2) is 5.37. The maximum atomic E-state index is 8.91. The van der Waals surface area contributed by atoms with Gasteiger partial charge in [-0.1, -0.05) is 25.1 Å². The van der Waals surface area contributed by atoms with Crippen LogP contribution in [0.3, 0.4) is 0 Å². The Balaban J connectivity index is 2.29. The van der Waals surface area contributed by atoms with Crippen LogP contribution in [0.4, 0.5) is 11.4 Å². The van der Waals surface area contributed by atoms with Gasteiger partial charge in [-0.15, -0.1) is 0 Å². The van der Waals surface area contributed by atoms with E-state index in [-0.39, 0.29) is 0 Å². The maximum Gasteiger partial charge on any atom is 0.0992 e. The van der Waals surface area contributed by atoms with Gasteiger partial charge in [0.2, 0.25) is 0 Å². The lowest BCUT2D eigenvalue weighted by Gasteiger charge is -2.19. The van der Waals surface area contributed by atoms with Crippen LogP contribution in [0.5, 0.6) is 0 Å². The van der Waals surface area contributed by atoms with Gasteiger partial charge in [0, 0.05) is 18.4 Å². The lowest BCUT2D eigenvalue weighted by molar-refractivity contribution is 1.13. The summed E-state index contributed by atoms with van der Waals surface area (Å²) in [5.74, 6) is 0. The predicted octanol–water partition coefficient (Wildman–Crippen LogP) is 3.89. The number of benzene rings is 2. The van der Waals surface area contributed by atoms with Crippen molar-refractivity contribution in [2.45, 2.75) is 13.3 Å². The maximum absolute atomic E-state index is 8.91. The summed E-state index contributed by atoms with van der Waals surface area (Å²) < 4.78 is 0. The summed E-state index contributed by atoms with van der Waals surface area (Å²) in [4.78, 5) is 2.08. The summed E-state index contributed by atoms with van der Waals surface area (Å²) in [5.41, 5.74) is 4.17. The van der Waals surface area contributed by atoms with Crippen molar-refractivity contribution in [3.63, 3.8) is 0 Å². The van der Waals surface area contributed by atoms with Crippen molar-refractivity contribution in [3.05, 3.63) is 59.7 Å². The Kier molecular flexibility index (Phi) is 3.64. The number of aryl methyl sites for hydroxylation is 1. The molecule has 0 atom stereocenters. The SMILES string of the molecule is CCc1ccc(N(C)c2cccc(C#N)c2)cc1. The van der Waals surface area contributed by atoms with Crippen molar-refractivity contribution in [3.8, 4) is 6.07 Å². The van der Waals surface area contributed by atoms with Gasteiger partial charge >= 0.3 is 0 Å². The van der Waals surface area contributed by atoms with Gasteiger partial charge < -0.3 is 4.90 Å². The van der Waals surface area contributed by atoms with Crippen LogP contribution in [0.25, 0.3) is 0 Å². The Morgan fingerprint density at radius 2 is 1.78 bits per heavy atom. The summed E-state index contributed by atoms with van der Waals surface area (Å²) >= 11 is 0. The van der Waals surface area contributed by atoms with Crippen molar-refractivity contribution < 1.29 is 0 Å². The van der Waals surface area contributed by atoms with E-state index in [2.05, 4.69) is 42.2 Å². The van der Waals surface area contributed by atoms with Gasteiger partial charge in [-0.25, -0.2) is 0 Å². The number of nitriles is 1. The molecule has 0 saturated heterocycles. The lowest BCUT2D eigenvalue weighted by atomic mass is 10.1. The quantitative estimate of drug-likeness (QED) is 0.808. The van der Waals surface area contributed by atoms with Crippen LogP contribution < -0.4 is 4.90 Å². The summed E-state index contributed by atoms with van der Waals surface area (Å²) in [5, 5.41) is 8.91. The van der Waals surface area contributed by atoms with E-state index in [1.807, 2.05) is 31.3 Å².